The summed E-state index contributed by atoms with van der Waals surface area (Å²) in [6, 6.07) is 9.09. The average Bonchev–Trinajstić information content (AvgIpc) is 2.44. The van der Waals surface area contributed by atoms with E-state index in [9.17, 15) is 9.59 Å². The first-order chi connectivity index (χ1) is 9.45. The van der Waals surface area contributed by atoms with Crippen LogP contribution in [0.5, 0.6) is 0 Å². The number of ether oxygens (including phenoxy) is 1. The molecule has 2 atom stereocenters. The Balaban J connectivity index is 2.62. The lowest BCUT2D eigenvalue weighted by Crippen LogP contribution is -2.47. The molecule has 0 saturated heterocycles. The number of nitrogens with one attached hydrogen (secondary N) is 1. The van der Waals surface area contributed by atoms with E-state index in [4.69, 9.17) is 4.74 Å². The Hall–Kier alpha value is -1.49. The first-order valence-corrected chi connectivity index (χ1v) is 7.43. The minimum atomic E-state index is -0.605. The third-order valence-electron chi connectivity index (χ3n) is 2.84. The van der Waals surface area contributed by atoms with Crippen molar-refractivity contribution in [3.8, 4) is 0 Å². The van der Waals surface area contributed by atoms with Gasteiger partial charge in [-0.15, -0.1) is 11.8 Å². The molecule has 1 amide bonds. The van der Waals surface area contributed by atoms with Gasteiger partial charge in [0.15, 0.2) is 0 Å². The summed E-state index contributed by atoms with van der Waals surface area (Å²) in [5.41, 5.74) is 0. The van der Waals surface area contributed by atoms with E-state index in [-0.39, 0.29) is 17.1 Å². The minimum absolute atomic E-state index is 0.0136. The fraction of sp³-hybridized carbons (Fsp3) is 0.467. The maximum Gasteiger partial charge on any atom is 0.328 e. The summed E-state index contributed by atoms with van der Waals surface area (Å²) in [6.07, 6.45) is 0. The number of methoxy groups -OCH3 is 1. The van der Waals surface area contributed by atoms with Gasteiger partial charge in [-0.2, -0.15) is 0 Å². The van der Waals surface area contributed by atoms with Crippen LogP contribution in [0.3, 0.4) is 0 Å². The van der Waals surface area contributed by atoms with Gasteiger partial charge in [-0.05, 0) is 25.0 Å². The van der Waals surface area contributed by atoms with Crippen molar-refractivity contribution >= 4 is 23.6 Å². The molecular weight excluding hydrogens is 274 g/mol. The topological polar surface area (TPSA) is 55.4 Å². The van der Waals surface area contributed by atoms with E-state index >= 15 is 0 Å². The molecule has 0 aliphatic rings. The van der Waals surface area contributed by atoms with Crippen molar-refractivity contribution in [2.45, 2.75) is 37.0 Å². The molecule has 0 saturated carbocycles. The molecule has 110 valence electrons. The second-order valence-electron chi connectivity index (χ2n) is 4.83. The molecule has 20 heavy (non-hydrogen) atoms. The van der Waals surface area contributed by atoms with Crippen LogP contribution in [-0.2, 0) is 14.3 Å². The Morgan fingerprint density at radius 3 is 2.25 bits per heavy atom. The highest BCUT2D eigenvalue weighted by Gasteiger charge is 2.27. The van der Waals surface area contributed by atoms with E-state index in [1.54, 1.807) is 0 Å². The zero-order valence-corrected chi connectivity index (χ0v) is 13.1. The smallest absolute Gasteiger partial charge is 0.328 e. The number of carbonyl (C=O) groups excluding carboxylic acids is 2. The molecule has 0 bridgehead atoms. The van der Waals surface area contributed by atoms with Crippen LogP contribution in [0.25, 0.3) is 0 Å². The first-order valence-electron chi connectivity index (χ1n) is 6.55. The Morgan fingerprint density at radius 1 is 1.15 bits per heavy atom. The molecule has 0 aliphatic heterocycles. The van der Waals surface area contributed by atoms with Crippen LogP contribution in [0.15, 0.2) is 35.2 Å². The first kappa shape index (κ1) is 16.6. The van der Waals surface area contributed by atoms with Gasteiger partial charge in [-0.1, -0.05) is 32.0 Å². The van der Waals surface area contributed by atoms with E-state index in [1.807, 2.05) is 51.1 Å². The predicted molar refractivity (Wildman–Crippen MR) is 80.5 cm³/mol. The molecule has 2 unspecified atom stereocenters. The summed E-state index contributed by atoms with van der Waals surface area (Å²) in [5.74, 6) is -0.589. The summed E-state index contributed by atoms with van der Waals surface area (Å²) >= 11 is 1.46. The third-order valence-corrected chi connectivity index (χ3v) is 3.96. The van der Waals surface area contributed by atoms with E-state index in [0.717, 1.165) is 4.90 Å². The Labute approximate surface area is 124 Å². The van der Waals surface area contributed by atoms with Crippen LogP contribution in [0.2, 0.25) is 0 Å². The minimum Gasteiger partial charge on any atom is -0.467 e. The van der Waals surface area contributed by atoms with Crippen molar-refractivity contribution < 1.29 is 14.3 Å². The van der Waals surface area contributed by atoms with E-state index in [2.05, 4.69) is 5.32 Å². The molecular formula is C15H21NO3S. The molecule has 1 rings (SSSR count). The van der Waals surface area contributed by atoms with Gasteiger partial charge in [0.2, 0.25) is 5.91 Å². The zero-order valence-electron chi connectivity index (χ0n) is 12.3. The maximum atomic E-state index is 12.1. The summed E-state index contributed by atoms with van der Waals surface area (Å²) in [4.78, 5) is 24.8. The summed E-state index contributed by atoms with van der Waals surface area (Å²) in [7, 11) is 1.33. The molecule has 0 aliphatic carbocycles. The number of esters is 1. The third kappa shape index (κ3) is 4.89. The standard InChI is InChI=1S/C15H21NO3S/c1-10(2)13(15(18)19-4)16-14(17)11(3)20-12-8-6-5-7-9-12/h5-11,13H,1-4H3,(H,16,17). The number of amides is 1. The van der Waals surface area contributed by atoms with E-state index < -0.39 is 12.0 Å². The molecule has 1 N–H and O–H groups in total. The molecule has 0 aromatic heterocycles. The monoisotopic (exact) mass is 295 g/mol. The van der Waals surface area contributed by atoms with Crippen molar-refractivity contribution in [1.82, 2.24) is 5.32 Å². The van der Waals surface area contributed by atoms with Gasteiger partial charge in [-0.25, -0.2) is 4.79 Å². The molecule has 0 spiro atoms. The van der Waals surface area contributed by atoms with Crippen LogP contribution in [0.1, 0.15) is 20.8 Å². The molecule has 1 aromatic rings. The van der Waals surface area contributed by atoms with Crippen LogP contribution in [0.4, 0.5) is 0 Å². The fourth-order valence-electron chi connectivity index (χ4n) is 1.65. The summed E-state index contributed by atoms with van der Waals surface area (Å²) < 4.78 is 4.71. The molecule has 4 nitrogen and oxygen atoms in total. The van der Waals surface area contributed by atoms with Gasteiger partial charge in [0.1, 0.15) is 6.04 Å². The molecule has 0 fully saturated rings. The summed E-state index contributed by atoms with van der Waals surface area (Å²) in [5, 5.41) is 2.48. The predicted octanol–water partition coefficient (Wildman–Crippen LogP) is 2.48. The Morgan fingerprint density at radius 2 is 1.75 bits per heavy atom. The lowest BCUT2D eigenvalue weighted by Gasteiger charge is -2.21. The van der Waals surface area contributed by atoms with Crippen LogP contribution in [-0.4, -0.2) is 30.3 Å². The van der Waals surface area contributed by atoms with Gasteiger partial charge in [-0.3, -0.25) is 4.79 Å². The summed E-state index contributed by atoms with van der Waals surface area (Å²) in [6.45, 7) is 5.56. The number of benzene rings is 1. The second kappa shape index (κ2) is 7.94. The van der Waals surface area contributed by atoms with Crippen molar-refractivity contribution in [1.29, 1.82) is 0 Å². The molecule has 5 heteroatoms. The number of carbonyl (C=O) groups is 2. The highest BCUT2D eigenvalue weighted by atomic mass is 32.2. The average molecular weight is 295 g/mol. The maximum absolute atomic E-state index is 12.1. The molecule has 0 heterocycles. The van der Waals surface area contributed by atoms with Gasteiger partial charge in [0, 0.05) is 4.90 Å². The van der Waals surface area contributed by atoms with E-state index in [1.165, 1.54) is 18.9 Å². The Bertz CT molecular complexity index is 448. The molecule has 0 radical (unpaired) electrons. The van der Waals surface area contributed by atoms with Crippen LogP contribution in [0, 0.1) is 5.92 Å². The zero-order chi connectivity index (χ0) is 15.1. The van der Waals surface area contributed by atoms with Gasteiger partial charge < -0.3 is 10.1 Å². The van der Waals surface area contributed by atoms with Crippen molar-refractivity contribution in [3.63, 3.8) is 0 Å². The fourth-order valence-corrected chi connectivity index (χ4v) is 2.55. The second-order valence-corrected chi connectivity index (χ2v) is 6.24. The lowest BCUT2D eigenvalue weighted by atomic mass is 10.0. The largest absolute Gasteiger partial charge is 0.467 e. The van der Waals surface area contributed by atoms with Crippen LogP contribution >= 0.6 is 11.8 Å². The SMILES string of the molecule is COC(=O)C(NC(=O)C(C)Sc1ccccc1)C(C)C. The quantitative estimate of drug-likeness (QED) is 0.647. The number of rotatable bonds is 6. The van der Waals surface area contributed by atoms with Crippen molar-refractivity contribution in [2.75, 3.05) is 7.11 Å². The number of thioether (sulfide) groups is 1. The van der Waals surface area contributed by atoms with Crippen molar-refractivity contribution in [2.24, 2.45) is 5.92 Å². The van der Waals surface area contributed by atoms with Gasteiger partial charge >= 0.3 is 5.97 Å². The van der Waals surface area contributed by atoms with Crippen molar-refractivity contribution in [3.05, 3.63) is 30.3 Å². The normalized spacial score (nSPS) is 13.7. The highest BCUT2D eigenvalue weighted by molar-refractivity contribution is 8.00. The highest BCUT2D eigenvalue weighted by Crippen LogP contribution is 2.23. The van der Waals surface area contributed by atoms with Gasteiger partial charge in [0.25, 0.3) is 0 Å². The van der Waals surface area contributed by atoms with Gasteiger partial charge in [0.05, 0.1) is 12.4 Å². The lowest BCUT2D eigenvalue weighted by molar-refractivity contribution is -0.146. The molecule has 1 aromatic carbocycles. The number of hydrogen-bond acceptors (Lipinski definition) is 4. The van der Waals surface area contributed by atoms with Crippen LogP contribution < -0.4 is 5.32 Å². The Kier molecular flexibility index (Phi) is 6.58. The number of hydrogen-bond donors (Lipinski definition) is 1. The van der Waals surface area contributed by atoms with E-state index in [0.29, 0.717) is 0 Å².